The first kappa shape index (κ1) is 5.78. The van der Waals surface area contributed by atoms with Gasteiger partial charge in [-0.25, -0.2) is 0 Å². The average molecular weight is 145 g/mol. The van der Waals surface area contributed by atoms with E-state index in [1.54, 1.807) is 22.3 Å². The lowest BCUT2D eigenvalue weighted by Gasteiger charge is -2.19. The van der Waals surface area contributed by atoms with Gasteiger partial charge in [0.2, 0.25) is 0 Å². The molecule has 1 fully saturated rings. The van der Waals surface area contributed by atoms with Crippen LogP contribution in [-0.4, -0.2) is 13.1 Å². The second kappa shape index (κ2) is 1.86. The zero-order valence-corrected chi connectivity index (χ0v) is 6.48. The maximum Gasteiger partial charge on any atom is 0.0211 e. The van der Waals surface area contributed by atoms with Gasteiger partial charge in [0.05, 0.1) is 0 Å². The van der Waals surface area contributed by atoms with Crippen LogP contribution in [0.1, 0.15) is 12.8 Å². The Morgan fingerprint density at radius 3 is 2.73 bits per heavy atom. The first-order chi connectivity index (χ1) is 5.45. The number of fused-ring (bicyclic) bond motifs is 3. The molecule has 1 nitrogen and oxygen atoms in total. The van der Waals surface area contributed by atoms with E-state index in [0.717, 1.165) is 6.54 Å². The Hall–Kier alpha value is -0.820. The van der Waals surface area contributed by atoms with Crippen LogP contribution in [0.4, 0.5) is 0 Å². The smallest absolute Gasteiger partial charge is 0.0211 e. The lowest BCUT2D eigenvalue weighted by Crippen LogP contribution is -2.25. The number of nitrogens with one attached hydrogen (secondary N) is 1. The Morgan fingerprint density at radius 2 is 1.91 bits per heavy atom. The molecular weight excluding hydrogens is 134 g/mol. The van der Waals surface area contributed by atoms with Crippen molar-refractivity contribution in [3.05, 3.63) is 34.4 Å². The molecule has 1 N–H and O–H groups in total. The summed E-state index contributed by atoms with van der Waals surface area (Å²) in [4.78, 5) is 0. The van der Waals surface area contributed by atoms with E-state index in [2.05, 4.69) is 17.5 Å². The lowest BCUT2D eigenvalue weighted by molar-refractivity contribution is 0.682. The highest BCUT2D eigenvalue weighted by atomic mass is 14.9. The van der Waals surface area contributed by atoms with Gasteiger partial charge in [-0.2, -0.15) is 0 Å². The normalized spacial score (nSPS) is 26.9. The second-order valence-corrected chi connectivity index (χ2v) is 3.44. The Bertz CT molecular complexity index is 275. The van der Waals surface area contributed by atoms with Crippen molar-refractivity contribution in [2.24, 2.45) is 0 Å². The Kier molecular flexibility index (Phi) is 0.977. The summed E-state index contributed by atoms with van der Waals surface area (Å²) in [5.74, 6) is 0. The van der Waals surface area contributed by atoms with Gasteiger partial charge in [0.1, 0.15) is 0 Å². The molecule has 0 aromatic heterocycles. The van der Waals surface area contributed by atoms with Crippen molar-refractivity contribution in [1.29, 1.82) is 0 Å². The minimum absolute atomic E-state index is 1.11. The molecule has 2 aliphatic carbocycles. The fourth-order valence-corrected chi connectivity index (χ4v) is 2.28. The van der Waals surface area contributed by atoms with Gasteiger partial charge >= 0.3 is 0 Å². The molecule has 0 unspecified atom stereocenters. The number of piperidine rings is 1. The fourth-order valence-electron chi connectivity index (χ4n) is 2.28. The van der Waals surface area contributed by atoms with Crippen molar-refractivity contribution >= 4 is 0 Å². The van der Waals surface area contributed by atoms with Gasteiger partial charge < -0.3 is 5.32 Å². The number of allylic oxidation sites excluding steroid dienone is 4. The maximum atomic E-state index is 3.42. The van der Waals surface area contributed by atoms with Crippen LogP contribution >= 0.6 is 0 Å². The van der Waals surface area contributed by atoms with Gasteiger partial charge in [-0.15, -0.1) is 0 Å². The summed E-state index contributed by atoms with van der Waals surface area (Å²) in [5, 5.41) is 3.42. The predicted octanol–water partition coefficient (Wildman–Crippen LogP) is 1.55. The van der Waals surface area contributed by atoms with E-state index in [1.807, 2.05) is 0 Å². The maximum absolute atomic E-state index is 3.42. The van der Waals surface area contributed by atoms with Gasteiger partial charge in [0.15, 0.2) is 0 Å². The third kappa shape index (κ3) is 0.641. The molecule has 56 valence electrons. The van der Waals surface area contributed by atoms with Gasteiger partial charge in [-0.3, -0.25) is 0 Å². The van der Waals surface area contributed by atoms with Gasteiger partial charge in [-0.05, 0) is 41.7 Å². The third-order valence-corrected chi connectivity index (χ3v) is 2.86. The van der Waals surface area contributed by atoms with Crippen LogP contribution in [0.15, 0.2) is 34.4 Å². The molecular formula is C10H11N. The van der Waals surface area contributed by atoms with Gasteiger partial charge in [0.25, 0.3) is 0 Å². The Labute approximate surface area is 66.5 Å². The van der Waals surface area contributed by atoms with E-state index in [0.29, 0.717) is 0 Å². The minimum atomic E-state index is 1.11. The molecule has 3 rings (SSSR count). The molecule has 0 radical (unpaired) electrons. The Balaban J connectivity index is 2.17. The topological polar surface area (TPSA) is 12.0 Å². The summed E-state index contributed by atoms with van der Waals surface area (Å²) in [5.41, 5.74) is 6.42. The fraction of sp³-hybridized carbons (Fsp3) is 0.400. The van der Waals surface area contributed by atoms with E-state index < -0.39 is 0 Å². The van der Waals surface area contributed by atoms with E-state index in [-0.39, 0.29) is 0 Å². The van der Waals surface area contributed by atoms with Crippen molar-refractivity contribution < 1.29 is 0 Å². The van der Waals surface area contributed by atoms with Crippen LogP contribution in [0.2, 0.25) is 0 Å². The molecule has 0 aromatic rings. The van der Waals surface area contributed by atoms with E-state index in [9.17, 15) is 0 Å². The summed E-state index contributed by atoms with van der Waals surface area (Å²) in [7, 11) is 0. The SMILES string of the molecule is C1=CC2=C3CNCCC3=C1C2. The average Bonchev–Trinajstić information content (AvgIpc) is 2.64. The van der Waals surface area contributed by atoms with Crippen molar-refractivity contribution in [3.8, 4) is 0 Å². The van der Waals surface area contributed by atoms with Crippen LogP contribution < -0.4 is 5.32 Å². The molecule has 11 heavy (non-hydrogen) atoms. The van der Waals surface area contributed by atoms with Crippen molar-refractivity contribution in [1.82, 2.24) is 5.32 Å². The standard InChI is InChI=1S/C10H11N/c1-2-8-5-7(1)9-3-4-11-6-10(8)9/h1-2,11H,3-6H2. The van der Waals surface area contributed by atoms with Crippen molar-refractivity contribution in [3.63, 3.8) is 0 Å². The van der Waals surface area contributed by atoms with Crippen molar-refractivity contribution in [2.75, 3.05) is 13.1 Å². The van der Waals surface area contributed by atoms with Crippen molar-refractivity contribution in [2.45, 2.75) is 12.8 Å². The number of rotatable bonds is 0. The zero-order chi connectivity index (χ0) is 7.26. The summed E-state index contributed by atoms with van der Waals surface area (Å²) >= 11 is 0. The lowest BCUT2D eigenvalue weighted by atomic mass is 9.96. The largest absolute Gasteiger partial charge is 0.312 e. The van der Waals surface area contributed by atoms with Gasteiger partial charge in [0, 0.05) is 6.54 Å². The summed E-state index contributed by atoms with van der Waals surface area (Å²) in [6.45, 7) is 2.28. The molecule has 0 amide bonds. The third-order valence-electron chi connectivity index (χ3n) is 2.86. The first-order valence-corrected chi connectivity index (χ1v) is 4.28. The molecule has 3 aliphatic rings. The monoisotopic (exact) mass is 145 g/mol. The molecule has 1 heterocycles. The van der Waals surface area contributed by atoms with E-state index in [1.165, 1.54) is 19.4 Å². The van der Waals surface area contributed by atoms with Crippen LogP contribution in [0.25, 0.3) is 0 Å². The van der Waals surface area contributed by atoms with Crippen LogP contribution in [0.5, 0.6) is 0 Å². The highest BCUT2D eigenvalue weighted by Gasteiger charge is 2.26. The minimum Gasteiger partial charge on any atom is -0.312 e. The molecule has 1 aliphatic heterocycles. The molecule has 1 saturated heterocycles. The van der Waals surface area contributed by atoms with E-state index in [4.69, 9.17) is 0 Å². The first-order valence-electron chi connectivity index (χ1n) is 4.28. The molecule has 1 heteroatoms. The quantitative estimate of drug-likeness (QED) is 0.545. The van der Waals surface area contributed by atoms with Crippen LogP contribution in [0, 0.1) is 0 Å². The number of hydrogen-bond acceptors (Lipinski definition) is 1. The molecule has 0 aromatic carbocycles. The van der Waals surface area contributed by atoms with Crippen LogP contribution in [0.3, 0.4) is 0 Å². The Morgan fingerprint density at radius 1 is 1.09 bits per heavy atom. The van der Waals surface area contributed by atoms with E-state index >= 15 is 0 Å². The number of hydrogen-bond donors (Lipinski definition) is 1. The highest BCUT2D eigenvalue weighted by molar-refractivity contribution is 5.61. The summed E-state index contributed by atoms with van der Waals surface area (Å²) < 4.78 is 0. The summed E-state index contributed by atoms with van der Waals surface area (Å²) in [6.07, 6.45) is 7.05. The molecule has 2 bridgehead atoms. The second-order valence-electron chi connectivity index (χ2n) is 3.44. The zero-order valence-electron chi connectivity index (χ0n) is 6.48. The van der Waals surface area contributed by atoms with Gasteiger partial charge in [-0.1, -0.05) is 12.2 Å². The predicted molar refractivity (Wildman–Crippen MR) is 45.3 cm³/mol. The molecule has 0 spiro atoms. The van der Waals surface area contributed by atoms with Crippen LogP contribution in [-0.2, 0) is 0 Å². The highest BCUT2D eigenvalue weighted by Crippen LogP contribution is 2.41. The summed E-state index contributed by atoms with van der Waals surface area (Å²) in [6, 6.07) is 0. The molecule has 0 saturated carbocycles. The molecule has 0 atom stereocenters.